The molecule has 0 bridgehead atoms. The zero-order valence-corrected chi connectivity index (χ0v) is 18.3. The Morgan fingerprint density at radius 3 is 2.75 bits per heavy atom. The number of halogens is 1. The van der Waals surface area contributed by atoms with Crippen LogP contribution in [-0.2, 0) is 12.1 Å². The van der Waals surface area contributed by atoms with Gasteiger partial charge in [-0.2, -0.15) is 5.10 Å². The molecular weight excluding hydrogens is 429 g/mol. The third-order valence-electron chi connectivity index (χ3n) is 6.39. The molecule has 166 valence electrons. The van der Waals surface area contributed by atoms with E-state index < -0.39 is 11.4 Å². The van der Waals surface area contributed by atoms with Gasteiger partial charge in [-0.1, -0.05) is 0 Å². The van der Waals surface area contributed by atoms with Crippen molar-refractivity contribution in [1.29, 1.82) is 0 Å². The number of aliphatic hydroxyl groups is 1. The lowest BCUT2D eigenvalue weighted by molar-refractivity contribution is -0.0148. The number of thiazole rings is 1. The van der Waals surface area contributed by atoms with Gasteiger partial charge >= 0.3 is 0 Å². The van der Waals surface area contributed by atoms with Crippen LogP contribution in [0, 0.1) is 5.82 Å². The van der Waals surface area contributed by atoms with E-state index in [-0.39, 0.29) is 0 Å². The molecule has 2 aliphatic rings. The predicted octanol–water partition coefficient (Wildman–Crippen LogP) is 2.58. The van der Waals surface area contributed by atoms with Gasteiger partial charge in [-0.05, 0) is 32.0 Å². The van der Waals surface area contributed by atoms with Gasteiger partial charge in [-0.25, -0.2) is 14.4 Å². The van der Waals surface area contributed by atoms with E-state index in [1.165, 1.54) is 43.5 Å². The van der Waals surface area contributed by atoms with Gasteiger partial charge in [0, 0.05) is 48.5 Å². The Morgan fingerprint density at radius 2 is 1.97 bits per heavy atom. The lowest BCUT2D eigenvalue weighted by Crippen LogP contribution is -2.56. The molecule has 6 rings (SSSR count). The third kappa shape index (κ3) is 3.43. The molecule has 6 heterocycles. The van der Waals surface area contributed by atoms with Crippen molar-refractivity contribution >= 4 is 22.4 Å². The second kappa shape index (κ2) is 7.73. The van der Waals surface area contributed by atoms with Gasteiger partial charge in [0.1, 0.15) is 16.3 Å². The molecular formula is C22H24FN7OS. The second-order valence-corrected chi connectivity index (χ2v) is 9.66. The summed E-state index contributed by atoms with van der Waals surface area (Å²) < 4.78 is 16.8. The first kappa shape index (κ1) is 20.0. The number of β-amino-alcohol motifs (C(OH)–C–C–N with tert-alkyl or cyclic N) is 1. The van der Waals surface area contributed by atoms with E-state index in [2.05, 4.69) is 30.3 Å². The fourth-order valence-corrected chi connectivity index (χ4v) is 5.51. The Bertz CT molecular complexity index is 1270. The average Bonchev–Trinajstić information content (AvgIpc) is 3.56. The minimum Gasteiger partial charge on any atom is -0.380 e. The Kier molecular flexibility index (Phi) is 4.83. The van der Waals surface area contributed by atoms with Gasteiger partial charge in [0.15, 0.2) is 5.82 Å². The van der Waals surface area contributed by atoms with E-state index >= 15 is 0 Å². The van der Waals surface area contributed by atoms with Crippen molar-refractivity contribution in [1.82, 2.24) is 34.9 Å². The molecule has 2 aliphatic heterocycles. The molecule has 0 spiro atoms. The number of nitrogens with one attached hydrogen (secondary N) is 2. The van der Waals surface area contributed by atoms with Crippen LogP contribution in [-0.4, -0.2) is 67.5 Å². The summed E-state index contributed by atoms with van der Waals surface area (Å²) in [5.74, 6) is -0.404. The van der Waals surface area contributed by atoms with Gasteiger partial charge in [-0.3, -0.25) is 4.68 Å². The molecule has 0 amide bonds. The number of nitrogens with zero attached hydrogens (tertiary/aromatic N) is 5. The highest BCUT2D eigenvalue weighted by molar-refractivity contribution is 7.15. The number of pyridine rings is 1. The molecule has 32 heavy (non-hydrogen) atoms. The van der Waals surface area contributed by atoms with E-state index in [1.54, 1.807) is 6.20 Å². The van der Waals surface area contributed by atoms with Crippen LogP contribution < -0.4 is 5.32 Å². The Labute approximate surface area is 188 Å². The molecule has 8 nitrogen and oxygen atoms in total. The Hall–Kier alpha value is -2.66. The summed E-state index contributed by atoms with van der Waals surface area (Å²) in [6, 6.07) is 1.92. The van der Waals surface area contributed by atoms with Crippen LogP contribution in [0.25, 0.3) is 32.7 Å². The summed E-state index contributed by atoms with van der Waals surface area (Å²) in [7, 11) is 0. The van der Waals surface area contributed by atoms with Crippen molar-refractivity contribution < 1.29 is 9.50 Å². The first-order valence-electron chi connectivity index (χ1n) is 10.9. The average molecular weight is 454 g/mol. The number of H-pyrrole nitrogens is 1. The fraction of sp³-hybridized carbons (Fsp3) is 0.409. The van der Waals surface area contributed by atoms with Crippen molar-refractivity contribution in [3.63, 3.8) is 0 Å². The predicted molar refractivity (Wildman–Crippen MR) is 121 cm³/mol. The van der Waals surface area contributed by atoms with Gasteiger partial charge in [0.2, 0.25) is 0 Å². The van der Waals surface area contributed by atoms with Crippen LogP contribution in [0.3, 0.4) is 0 Å². The van der Waals surface area contributed by atoms with Crippen LogP contribution in [0.2, 0.25) is 0 Å². The SMILES string of the molecule is OC1(c2ncc(-c3c(F)cnc4[nH]c(-c5cnn(CCN6CCCC6)c5)cc34)s2)CNC1. The monoisotopic (exact) mass is 453 g/mol. The molecule has 2 saturated heterocycles. The van der Waals surface area contributed by atoms with Crippen molar-refractivity contribution in [2.75, 3.05) is 32.7 Å². The topological polar surface area (TPSA) is 94.9 Å². The molecule has 0 aliphatic carbocycles. The van der Waals surface area contributed by atoms with Crippen LogP contribution in [0.1, 0.15) is 17.8 Å². The number of aromatic nitrogens is 5. The van der Waals surface area contributed by atoms with E-state index in [9.17, 15) is 9.50 Å². The van der Waals surface area contributed by atoms with Crippen molar-refractivity contribution in [3.05, 3.63) is 41.7 Å². The van der Waals surface area contributed by atoms with Gasteiger partial charge in [0.05, 0.1) is 29.5 Å². The molecule has 0 aromatic carbocycles. The summed E-state index contributed by atoms with van der Waals surface area (Å²) in [5, 5.41) is 19.4. The maximum Gasteiger partial charge on any atom is 0.150 e. The van der Waals surface area contributed by atoms with E-state index in [0.29, 0.717) is 39.6 Å². The number of aromatic amines is 1. The minimum atomic E-state index is -0.960. The fourth-order valence-electron chi connectivity index (χ4n) is 4.45. The Balaban J connectivity index is 1.30. The molecule has 10 heteroatoms. The lowest BCUT2D eigenvalue weighted by atomic mass is 9.99. The summed E-state index contributed by atoms with van der Waals surface area (Å²) in [6.45, 7) is 5.11. The highest BCUT2D eigenvalue weighted by atomic mass is 32.1. The number of hydrogen-bond acceptors (Lipinski definition) is 7. The van der Waals surface area contributed by atoms with E-state index in [1.807, 2.05) is 23.1 Å². The summed E-state index contributed by atoms with van der Waals surface area (Å²) in [5.41, 5.74) is 1.89. The van der Waals surface area contributed by atoms with Crippen LogP contribution in [0.5, 0.6) is 0 Å². The highest BCUT2D eigenvalue weighted by Crippen LogP contribution is 2.39. The van der Waals surface area contributed by atoms with Crippen molar-refractivity contribution in [2.24, 2.45) is 0 Å². The second-order valence-electron chi connectivity index (χ2n) is 8.63. The van der Waals surface area contributed by atoms with Crippen molar-refractivity contribution in [3.8, 4) is 21.7 Å². The first-order chi connectivity index (χ1) is 15.6. The maximum absolute atomic E-state index is 14.9. The molecule has 4 aromatic heterocycles. The summed E-state index contributed by atoms with van der Waals surface area (Å²) >= 11 is 1.32. The minimum absolute atomic E-state index is 0.404. The zero-order valence-electron chi connectivity index (χ0n) is 17.5. The molecule has 3 N–H and O–H groups in total. The standard InChI is InChI=1S/C22H24FN7OS/c23-16-9-25-20-15(19(16)18-10-26-21(32-18)22(31)12-24-13-22)7-17(28-20)14-8-27-30(11-14)6-5-29-3-1-2-4-29/h7-11,24,31H,1-6,12-13H2,(H,25,28). The largest absolute Gasteiger partial charge is 0.380 e. The first-order valence-corrected chi connectivity index (χ1v) is 11.7. The maximum atomic E-state index is 14.9. The van der Waals surface area contributed by atoms with Crippen LogP contribution in [0.15, 0.2) is 30.9 Å². The van der Waals surface area contributed by atoms with Gasteiger partial charge in [-0.15, -0.1) is 11.3 Å². The molecule has 0 atom stereocenters. The zero-order chi connectivity index (χ0) is 21.7. The van der Waals surface area contributed by atoms with Crippen LogP contribution >= 0.6 is 11.3 Å². The molecule has 2 fully saturated rings. The summed E-state index contributed by atoms with van der Waals surface area (Å²) in [4.78, 5) is 15.1. The number of fused-ring (bicyclic) bond motifs is 1. The molecule has 0 radical (unpaired) electrons. The number of hydrogen-bond donors (Lipinski definition) is 3. The number of rotatable bonds is 6. The molecule has 0 unspecified atom stereocenters. The lowest BCUT2D eigenvalue weighted by Gasteiger charge is -2.35. The van der Waals surface area contributed by atoms with E-state index in [0.717, 1.165) is 24.3 Å². The van der Waals surface area contributed by atoms with E-state index in [4.69, 9.17) is 0 Å². The third-order valence-corrected chi connectivity index (χ3v) is 7.59. The van der Waals surface area contributed by atoms with Gasteiger partial charge in [0.25, 0.3) is 0 Å². The highest BCUT2D eigenvalue weighted by Gasteiger charge is 2.39. The normalized spacial score (nSPS) is 18.4. The van der Waals surface area contributed by atoms with Crippen molar-refractivity contribution in [2.45, 2.75) is 25.0 Å². The quantitative estimate of drug-likeness (QED) is 0.415. The summed E-state index contributed by atoms with van der Waals surface area (Å²) in [6.07, 6.45) is 9.27. The van der Waals surface area contributed by atoms with Gasteiger partial charge < -0.3 is 20.3 Å². The van der Waals surface area contributed by atoms with Crippen LogP contribution in [0.4, 0.5) is 4.39 Å². The molecule has 4 aromatic rings. The smallest absolute Gasteiger partial charge is 0.150 e. The molecule has 0 saturated carbocycles. The Morgan fingerprint density at radius 1 is 1.12 bits per heavy atom. The number of likely N-dealkylation sites (tertiary alicyclic amines) is 1.